The summed E-state index contributed by atoms with van der Waals surface area (Å²) in [4.78, 5) is 11.1. The normalized spacial score (nSPS) is 11.8. The number of amides is 1. The highest BCUT2D eigenvalue weighted by Crippen LogP contribution is 1.92. The molecule has 0 aromatic carbocycles. The van der Waals surface area contributed by atoms with E-state index in [0.717, 1.165) is 12.8 Å². The number of hydrogen-bond donors (Lipinski definition) is 2. The zero-order chi connectivity index (χ0) is 10.1. The van der Waals surface area contributed by atoms with Crippen LogP contribution >= 0.6 is 0 Å². The second-order valence-corrected chi connectivity index (χ2v) is 2.92. The van der Waals surface area contributed by atoms with Gasteiger partial charge in [-0.3, -0.25) is 4.79 Å². The van der Waals surface area contributed by atoms with Gasteiger partial charge >= 0.3 is 0 Å². The average molecular weight is 183 g/mol. The molecule has 0 aliphatic heterocycles. The lowest BCUT2D eigenvalue weighted by Gasteiger charge is -2.08. The molecule has 1 atom stereocenters. The van der Waals surface area contributed by atoms with E-state index in [1.165, 1.54) is 0 Å². The maximum Gasteiger partial charge on any atom is 0.236 e. The molecule has 0 unspecified atom stereocenters. The van der Waals surface area contributed by atoms with Crippen LogP contribution in [0.1, 0.15) is 32.6 Å². The monoisotopic (exact) mass is 183 g/mol. The van der Waals surface area contributed by atoms with Crippen LogP contribution in [0.15, 0.2) is 0 Å². The molecular formula is C9H17N3O. The molecule has 74 valence electrons. The van der Waals surface area contributed by atoms with Gasteiger partial charge in [0, 0.05) is 13.0 Å². The van der Waals surface area contributed by atoms with E-state index in [4.69, 9.17) is 11.0 Å². The largest absolute Gasteiger partial charge is 0.355 e. The van der Waals surface area contributed by atoms with Crippen LogP contribution in [0.4, 0.5) is 0 Å². The number of carbonyl (C=O) groups excluding carboxylic acids is 1. The van der Waals surface area contributed by atoms with Crippen molar-refractivity contribution < 1.29 is 4.79 Å². The molecule has 4 heteroatoms. The summed E-state index contributed by atoms with van der Waals surface area (Å²) in [7, 11) is 0. The number of nitrogens with two attached hydrogens (primary N) is 1. The molecule has 4 nitrogen and oxygen atoms in total. The van der Waals surface area contributed by atoms with Gasteiger partial charge in [-0.1, -0.05) is 6.92 Å². The fourth-order valence-corrected chi connectivity index (χ4v) is 0.857. The van der Waals surface area contributed by atoms with Crippen molar-refractivity contribution in [2.45, 2.75) is 38.6 Å². The third kappa shape index (κ3) is 6.12. The molecule has 3 N–H and O–H groups in total. The fourth-order valence-electron chi connectivity index (χ4n) is 0.857. The SMILES string of the molecule is CC[C@H](N)C(=O)NCCCCC#N. The summed E-state index contributed by atoms with van der Waals surface area (Å²) >= 11 is 0. The maximum atomic E-state index is 11.1. The van der Waals surface area contributed by atoms with Crippen molar-refractivity contribution in [3.8, 4) is 6.07 Å². The molecular weight excluding hydrogens is 166 g/mol. The van der Waals surface area contributed by atoms with Crippen LogP contribution in [0.2, 0.25) is 0 Å². The Bertz CT molecular complexity index is 186. The smallest absolute Gasteiger partial charge is 0.236 e. The first-order valence-electron chi connectivity index (χ1n) is 4.62. The highest BCUT2D eigenvalue weighted by molar-refractivity contribution is 5.81. The molecule has 1 amide bonds. The van der Waals surface area contributed by atoms with Gasteiger partial charge in [0.1, 0.15) is 0 Å². The first-order chi connectivity index (χ1) is 6.22. The number of nitrogens with zero attached hydrogens (tertiary/aromatic N) is 1. The van der Waals surface area contributed by atoms with E-state index in [1.54, 1.807) is 0 Å². The third-order valence-corrected chi connectivity index (χ3v) is 1.79. The molecule has 0 aromatic heterocycles. The number of nitrogens with one attached hydrogen (secondary N) is 1. The summed E-state index contributed by atoms with van der Waals surface area (Å²) in [6.45, 7) is 2.49. The van der Waals surface area contributed by atoms with Gasteiger partial charge in [-0.25, -0.2) is 0 Å². The number of rotatable bonds is 6. The molecule has 13 heavy (non-hydrogen) atoms. The minimum absolute atomic E-state index is 0.0977. The Kier molecular flexibility index (Phi) is 6.93. The lowest BCUT2D eigenvalue weighted by molar-refractivity contribution is -0.122. The molecule has 0 aromatic rings. The van der Waals surface area contributed by atoms with E-state index >= 15 is 0 Å². The van der Waals surface area contributed by atoms with E-state index in [2.05, 4.69) is 11.4 Å². The molecule has 0 aliphatic carbocycles. The molecule has 0 aliphatic rings. The second-order valence-electron chi connectivity index (χ2n) is 2.92. The fraction of sp³-hybridized carbons (Fsp3) is 0.778. The molecule has 0 spiro atoms. The van der Waals surface area contributed by atoms with Crippen molar-refractivity contribution in [1.82, 2.24) is 5.32 Å². The van der Waals surface area contributed by atoms with Crippen molar-refractivity contribution >= 4 is 5.91 Å². The summed E-state index contributed by atoms with van der Waals surface area (Å²) in [6, 6.07) is 1.66. The van der Waals surface area contributed by atoms with Crippen LogP contribution in [-0.2, 0) is 4.79 Å². The van der Waals surface area contributed by atoms with Crippen LogP contribution in [-0.4, -0.2) is 18.5 Å². The molecule has 0 saturated heterocycles. The van der Waals surface area contributed by atoms with Crippen LogP contribution in [0.25, 0.3) is 0 Å². The number of unbranched alkanes of at least 4 members (excludes halogenated alkanes) is 2. The van der Waals surface area contributed by atoms with Gasteiger partial charge in [-0.05, 0) is 19.3 Å². The van der Waals surface area contributed by atoms with Crippen molar-refractivity contribution in [3.05, 3.63) is 0 Å². The van der Waals surface area contributed by atoms with Gasteiger partial charge in [0.25, 0.3) is 0 Å². The van der Waals surface area contributed by atoms with Gasteiger partial charge < -0.3 is 11.1 Å². The van der Waals surface area contributed by atoms with E-state index in [0.29, 0.717) is 19.4 Å². The average Bonchev–Trinajstić information content (AvgIpc) is 2.16. The predicted octanol–water partition coefficient (Wildman–Crippen LogP) is 0.534. The standard InChI is InChI=1S/C9H17N3O/c1-2-8(11)9(13)12-7-5-3-4-6-10/h8H,2-5,7,11H2,1H3,(H,12,13)/t8-/m0/s1. The van der Waals surface area contributed by atoms with Crippen molar-refractivity contribution in [1.29, 1.82) is 5.26 Å². The summed E-state index contributed by atoms with van der Waals surface area (Å²) in [5.74, 6) is -0.0977. The van der Waals surface area contributed by atoms with Crippen LogP contribution in [0.3, 0.4) is 0 Å². The molecule has 0 saturated carbocycles. The van der Waals surface area contributed by atoms with Gasteiger partial charge in [0.15, 0.2) is 0 Å². The molecule has 0 heterocycles. The van der Waals surface area contributed by atoms with Gasteiger partial charge in [0.05, 0.1) is 12.1 Å². The molecule has 0 rings (SSSR count). The van der Waals surface area contributed by atoms with E-state index in [-0.39, 0.29) is 5.91 Å². The molecule has 0 bridgehead atoms. The minimum Gasteiger partial charge on any atom is -0.355 e. The Morgan fingerprint density at radius 1 is 1.62 bits per heavy atom. The molecule has 0 radical (unpaired) electrons. The Hall–Kier alpha value is -1.08. The molecule has 0 fully saturated rings. The topological polar surface area (TPSA) is 78.9 Å². The predicted molar refractivity (Wildman–Crippen MR) is 50.7 cm³/mol. The number of hydrogen-bond acceptors (Lipinski definition) is 3. The Balaban J connectivity index is 3.33. The summed E-state index contributed by atoms with van der Waals surface area (Å²) in [6.07, 6.45) is 2.88. The van der Waals surface area contributed by atoms with E-state index in [9.17, 15) is 4.79 Å². The zero-order valence-corrected chi connectivity index (χ0v) is 8.05. The lowest BCUT2D eigenvalue weighted by atomic mass is 10.2. The second kappa shape index (κ2) is 7.56. The van der Waals surface area contributed by atoms with Crippen LogP contribution in [0, 0.1) is 11.3 Å². The van der Waals surface area contributed by atoms with Crippen molar-refractivity contribution in [2.75, 3.05) is 6.54 Å². The van der Waals surface area contributed by atoms with Crippen LogP contribution < -0.4 is 11.1 Å². The summed E-state index contributed by atoms with van der Waals surface area (Å²) < 4.78 is 0. The first kappa shape index (κ1) is 11.9. The van der Waals surface area contributed by atoms with Crippen molar-refractivity contribution in [2.24, 2.45) is 5.73 Å². The third-order valence-electron chi connectivity index (χ3n) is 1.79. The van der Waals surface area contributed by atoms with E-state index < -0.39 is 6.04 Å². The maximum absolute atomic E-state index is 11.1. The summed E-state index contributed by atoms with van der Waals surface area (Å²) in [5, 5.41) is 11.0. The Morgan fingerprint density at radius 3 is 2.85 bits per heavy atom. The zero-order valence-electron chi connectivity index (χ0n) is 8.05. The quantitative estimate of drug-likeness (QED) is 0.590. The summed E-state index contributed by atoms with van der Waals surface area (Å²) in [5.41, 5.74) is 5.49. The first-order valence-corrected chi connectivity index (χ1v) is 4.62. The van der Waals surface area contributed by atoms with Gasteiger partial charge in [-0.15, -0.1) is 0 Å². The van der Waals surface area contributed by atoms with Crippen LogP contribution in [0.5, 0.6) is 0 Å². The van der Waals surface area contributed by atoms with Gasteiger partial charge in [0.2, 0.25) is 5.91 Å². The lowest BCUT2D eigenvalue weighted by Crippen LogP contribution is -2.40. The van der Waals surface area contributed by atoms with Crippen molar-refractivity contribution in [3.63, 3.8) is 0 Å². The minimum atomic E-state index is -0.393. The Morgan fingerprint density at radius 2 is 2.31 bits per heavy atom. The highest BCUT2D eigenvalue weighted by Gasteiger charge is 2.08. The van der Waals surface area contributed by atoms with E-state index in [1.807, 2.05) is 6.92 Å². The Labute approximate surface area is 79.1 Å². The van der Waals surface area contributed by atoms with Gasteiger partial charge in [-0.2, -0.15) is 5.26 Å². The number of nitriles is 1. The highest BCUT2D eigenvalue weighted by atomic mass is 16.2. The number of carbonyl (C=O) groups is 1.